The molecule has 1 aromatic carbocycles. The number of hydrogen-bond acceptors (Lipinski definition) is 4. The smallest absolute Gasteiger partial charge is 0.137 e. The second-order valence-electron chi connectivity index (χ2n) is 5.97. The SMILES string of the molecule is CCOc1ccc(CN2CCC(Oc3ccncc3)CC2)cc1Cl. The summed E-state index contributed by atoms with van der Waals surface area (Å²) in [6.45, 7) is 5.56. The fraction of sp³-hybridized carbons (Fsp3) is 0.421. The molecule has 0 unspecified atom stereocenters. The average molecular weight is 347 g/mol. The zero-order valence-corrected chi connectivity index (χ0v) is 14.7. The Bertz CT molecular complexity index is 643. The number of halogens is 1. The van der Waals surface area contributed by atoms with Crippen LogP contribution in [0, 0.1) is 0 Å². The molecule has 0 radical (unpaired) electrons. The number of piperidine rings is 1. The van der Waals surface area contributed by atoms with Crippen LogP contribution in [0.3, 0.4) is 0 Å². The van der Waals surface area contributed by atoms with Crippen LogP contribution in [-0.2, 0) is 6.54 Å². The second-order valence-corrected chi connectivity index (χ2v) is 6.38. The summed E-state index contributed by atoms with van der Waals surface area (Å²) < 4.78 is 11.5. The summed E-state index contributed by atoms with van der Waals surface area (Å²) in [6, 6.07) is 9.88. The van der Waals surface area contributed by atoms with Crippen molar-refractivity contribution in [3.63, 3.8) is 0 Å². The van der Waals surface area contributed by atoms with Gasteiger partial charge in [-0.25, -0.2) is 0 Å². The fourth-order valence-electron chi connectivity index (χ4n) is 2.97. The minimum absolute atomic E-state index is 0.285. The Morgan fingerprint density at radius 2 is 1.92 bits per heavy atom. The molecule has 24 heavy (non-hydrogen) atoms. The third-order valence-electron chi connectivity index (χ3n) is 4.19. The van der Waals surface area contributed by atoms with Gasteiger partial charge >= 0.3 is 0 Å². The van der Waals surface area contributed by atoms with Crippen LogP contribution in [0.5, 0.6) is 11.5 Å². The maximum Gasteiger partial charge on any atom is 0.137 e. The van der Waals surface area contributed by atoms with Crippen molar-refractivity contribution in [2.24, 2.45) is 0 Å². The molecule has 0 saturated carbocycles. The van der Waals surface area contributed by atoms with Crippen LogP contribution in [0.25, 0.3) is 0 Å². The topological polar surface area (TPSA) is 34.6 Å². The molecule has 1 saturated heterocycles. The Hall–Kier alpha value is -1.78. The molecule has 0 N–H and O–H groups in total. The van der Waals surface area contributed by atoms with Gasteiger partial charge in [-0.3, -0.25) is 9.88 Å². The van der Waals surface area contributed by atoms with Gasteiger partial charge in [0.25, 0.3) is 0 Å². The number of likely N-dealkylation sites (tertiary alicyclic amines) is 1. The van der Waals surface area contributed by atoms with Crippen LogP contribution in [0.2, 0.25) is 5.02 Å². The van der Waals surface area contributed by atoms with E-state index in [0.717, 1.165) is 44.0 Å². The van der Waals surface area contributed by atoms with Crippen LogP contribution < -0.4 is 9.47 Å². The summed E-state index contributed by atoms with van der Waals surface area (Å²) in [5.74, 6) is 1.66. The van der Waals surface area contributed by atoms with Crippen molar-refractivity contribution in [1.29, 1.82) is 0 Å². The highest BCUT2D eigenvalue weighted by Gasteiger charge is 2.20. The van der Waals surface area contributed by atoms with Crippen molar-refractivity contribution in [2.45, 2.75) is 32.4 Å². The summed E-state index contributed by atoms with van der Waals surface area (Å²) in [4.78, 5) is 6.46. The number of benzene rings is 1. The standard InChI is InChI=1S/C19H23ClN2O2/c1-2-23-19-4-3-15(13-18(19)20)14-22-11-7-17(8-12-22)24-16-5-9-21-10-6-16/h3-6,9-10,13,17H,2,7-8,11-12,14H2,1H3. The highest BCUT2D eigenvalue weighted by Crippen LogP contribution is 2.27. The minimum Gasteiger partial charge on any atom is -0.492 e. The van der Waals surface area contributed by atoms with Crippen molar-refractivity contribution in [2.75, 3.05) is 19.7 Å². The van der Waals surface area contributed by atoms with Crippen molar-refractivity contribution in [3.8, 4) is 11.5 Å². The van der Waals surface area contributed by atoms with E-state index >= 15 is 0 Å². The van der Waals surface area contributed by atoms with Gasteiger partial charge in [0, 0.05) is 32.0 Å². The molecular formula is C19H23ClN2O2. The maximum absolute atomic E-state index is 6.27. The van der Waals surface area contributed by atoms with Gasteiger partial charge in [0.15, 0.2) is 0 Å². The zero-order valence-electron chi connectivity index (χ0n) is 14.0. The Morgan fingerprint density at radius 3 is 2.58 bits per heavy atom. The van der Waals surface area contributed by atoms with Gasteiger partial charge in [-0.05, 0) is 49.6 Å². The van der Waals surface area contributed by atoms with E-state index in [1.807, 2.05) is 31.2 Å². The lowest BCUT2D eigenvalue weighted by Crippen LogP contribution is -2.37. The van der Waals surface area contributed by atoms with E-state index in [1.54, 1.807) is 12.4 Å². The molecule has 1 fully saturated rings. The first-order valence-corrected chi connectivity index (χ1v) is 8.82. The van der Waals surface area contributed by atoms with Crippen molar-refractivity contribution in [1.82, 2.24) is 9.88 Å². The zero-order chi connectivity index (χ0) is 16.8. The van der Waals surface area contributed by atoms with E-state index in [9.17, 15) is 0 Å². The lowest BCUT2D eigenvalue weighted by atomic mass is 10.1. The highest BCUT2D eigenvalue weighted by atomic mass is 35.5. The largest absolute Gasteiger partial charge is 0.492 e. The van der Waals surface area contributed by atoms with Gasteiger partial charge in [-0.15, -0.1) is 0 Å². The Labute approximate surface area is 148 Å². The number of rotatable bonds is 6. The number of nitrogens with zero attached hydrogens (tertiary/aromatic N) is 2. The van der Waals surface area contributed by atoms with Gasteiger partial charge in [0.1, 0.15) is 17.6 Å². The van der Waals surface area contributed by atoms with Crippen molar-refractivity contribution < 1.29 is 9.47 Å². The lowest BCUT2D eigenvalue weighted by Gasteiger charge is -2.32. The van der Waals surface area contributed by atoms with Crippen molar-refractivity contribution >= 4 is 11.6 Å². The molecule has 128 valence electrons. The average Bonchev–Trinajstić information content (AvgIpc) is 2.60. The molecule has 1 aliphatic heterocycles. The molecule has 5 heteroatoms. The first-order chi connectivity index (χ1) is 11.7. The molecule has 3 rings (SSSR count). The van der Waals surface area contributed by atoms with Gasteiger partial charge in [0.05, 0.1) is 11.6 Å². The molecule has 0 spiro atoms. The second kappa shape index (κ2) is 8.36. The summed E-state index contributed by atoms with van der Waals surface area (Å²) in [5, 5.41) is 0.685. The Morgan fingerprint density at radius 1 is 1.17 bits per heavy atom. The van der Waals surface area contributed by atoms with Gasteiger partial charge in [-0.1, -0.05) is 17.7 Å². The van der Waals surface area contributed by atoms with E-state index in [4.69, 9.17) is 21.1 Å². The predicted octanol–water partition coefficient (Wildman–Crippen LogP) is 4.18. The fourth-order valence-corrected chi connectivity index (χ4v) is 3.23. The molecule has 2 heterocycles. The van der Waals surface area contributed by atoms with E-state index in [0.29, 0.717) is 11.6 Å². The van der Waals surface area contributed by atoms with Crippen LogP contribution in [0.4, 0.5) is 0 Å². The first kappa shape index (κ1) is 17.1. The molecule has 2 aromatic rings. The van der Waals surface area contributed by atoms with Gasteiger partial charge in [-0.2, -0.15) is 0 Å². The number of hydrogen-bond donors (Lipinski definition) is 0. The predicted molar refractivity (Wildman–Crippen MR) is 95.8 cm³/mol. The molecule has 0 atom stereocenters. The van der Waals surface area contributed by atoms with Crippen LogP contribution >= 0.6 is 11.6 Å². The Kier molecular flexibility index (Phi) is 5.94. The van der Waals surface area contributed by atoms with E-state index < -0.39 is 0 Å². The third-order valence-corrected chi connectivity index (χ3v) is 4.48. The molecular weight excluding hydrogens is 324 g/mol. The van der Waals surface area contributed by atoms with Crippen LogP contribution in [-0.4, -0.2) is 35.7 Å². The van der Waals surface area contributed by atoms with Gasteiger partial charge < -0.3 is 9.47 Å². The number of pyridine rings is 1. The minimum atomic E-state index is 0.285. The molecule has 4 nitrogen and oxygen atoms in total. The van der Waals surface area contributed by atoms with E-state index in [-0.39, 0.29) is 6.10 Å². The van der Waals surface area contributed by atoms with Crippen LogP contribution in [0.15, 0.2) is 42.7 Å². The monoisotopic (exact) mass is 346 g/mol. The third kappa shape index (κ3) is 4.62. The molecule has 1 aromatic heterocycles. The van der Waals surface area contributed by atoms with Crippen molar-refractivity contribution in [3.05, 3.63) is 53.3 Å². The molecule has 0 aliphatic carbocycles. The Balaban J connectivity index is 1.49. The number of ether oxygens (including phenoxy) is 2. The lowest BCUT2D eigenvalue weighted by molar-refractivity contribution is 0.0967. The van der Waals surface area contributed by atoms with Gasteiger partial charge in [0.2, 0.25) is 0 Å². The summed E-state index contributed by atoms with van der Waals surface area (Å²) in [7, 11) is 0. The quantitative estimate of drug-likeness (QED) is 0.786. The molecule has 1 aliphatic rings. The number of aromatic nitrogens is 1. The normalized spacial score (nSPS) is 16.1. The van der Waals surface area contributed by atoms with E-state index in [1.165, 1.54) is 5.56 Å². The highest BCUT2D eigenvalue weighted by molar-refractivity contribution is 6.32. The van der Waals surface area contributed by atoms with E-state index in [2.05, 4.69) is 16.0 Å². The summed E-state index contributed by atoms with van der Waals surface area (Å²) in [5.41, 5.74) is 1.22. The summed E-state index contributed by atoms with van der Waals surface area (Å²) in [6.07, 6.45) is 5.88. The molecule has 0 amide bonds. The van der Waals surface area contributed by atoms with Crippen LogP contribution in [0.1, 0.15) is 25.3 Å². The molecule has 0 bridgehead atoms. The maximum atomic E-state index is 6.27. The first-order valence-electron chi connectivity index (χ1n) is 8.45. The summed E-state index contributed by atoms with van der Waals surface area (Å²) >= 11 is 6.27.